The number of likely N-dealkylation sites (tertiary alicyclic amines) is 1. The predicted octanol–water partition coefficient (Wildman–Crippen LogP) is 2.12. The third-order valence-corrected chi connectivity index (χ3v) is 4.17. The second kappa shape index (κ2) is 5.85. The smallest absolute Gasteiger partial charge is 0.176 e. The van der Waals surface area contributed by atoms with Crippen LogP contribution in [0, 0.1) is 13.8 Å². The highest BCUT2D eigenvalue weighted by Crippen LogP contribution is 2.15. The van der Waals surface area contributed by atoms with Crippen molar-refractivity contribution in [2.75, 3.05) is 33.7 Å². The zero-order valence-electron chi connectivity index (χ0n) is 12.4. The molecule has 0 aromatic heterocycles. The lowest BCUT2D eigenvalue weighted by Crippen LogP contribution is -2.33. The minimum atomic E-state index is 0.238. The van der Waals surface area contributed by atoms with Crippen LogP contribution in [0.1, 0.15) is 27.9 Å². The summed E-state index contributed by atoms with van der Waals surface area (Å²) in [5.41, 5.74) is 3.28. The maximum Gasteiger partial charge on any atom is 0.176 e. The van der Waals surface area contributed by atoms with Crippen molar-refractivity contribution in [2.24, 2.45) is 0 Å². The summed E-state index contributed by atoms with van der Waals surface area (Å²) in [5.74, 6) is 0.238. The van der Waals surface area contributed by atoms with Crippen LogP contribution in [-0.4, -0.2) is 55.4 Å². The lowest BCUT2D eigenvalue weighted by molar-refractivity contribution is 0.0941. The lowest BCUT2D eigenvalue weighted by atomic mass is 10.0. The highest BCUT2D eigenvalue weighted by molar-refractivity contribution is 5.97. The number of rotatable bonds is 4. The molecule has 19 heavy (non-hydrogen) atoms. The Labute approximate surface area is 116 Å². The minimum Gasteiger partial charge on any atom is -0.305 e. The van der Waals surface area contributed by atoms with Crippen molar-refractivity contribution in [3.8, 4) is 0 Å². The number of benzene rings is 1. The van der Waals surface area contributed by atoms with Gasteiger partial charge in [-0.25, -0.2) is 0 Å². The summed E-state index contributed by atoms with van der Waals surface area (Å²) < 4.78 is 0. The number of nitrogens with zero attached hydrogens (tertiary/aromatic N) is 2. The van der Waals surface area contributed by atoms with Gasteiger partial charge < -0.3 is 4.90 Å². The molecule has 1 aliphatic rings. The van der Waals surface area contributed by atoms with E-state index < -0.39 is 0 Å². The van der Waals surface area contributed by atoms with E-state index in [1.54, 1.807) is 0 Å². The van der Waals surface area contributed by atoms with E-state index in [9.17, 15) is 4.79 Å². The number of ketones is 1. The molecule has 1 aliphatic heterocycles. The summed E-state index contributed by atoms with van der Waals surface area (Å²) in [6, 6.07) is 6.59. The Morgan fingerprint density at radius 3 is 2.63 bits per heavy atom. The highest BCUT2D eigenvalue weighted by atomic mass is 16.1. The third kappa shape index (κ3) is 3.43. The van der Waals surface area contributed by atoms with E-state index in [1.165, 1.54) is 11.1 Å². The van der Waals surface area contributed by atoms with Gasteiger partial charge in [0.25, 0.3) is 0 Å². The Balaban J connectivity index is 1.96. The molecule has 0 radical (unpaired) electrons. The quantitative estimate of drug-likeness (QED) is 0.775. The number of carbonyl (C=O) groups excluding carboxylic acids is 1. The Kier molecular flexibility index (Phi) is 4.38. The van der Waals surface area contributed by atoms with Crippen molar-refractivity contribution in [3.05, 3.63) is 34.9 Å². The summed E-state index contributed by atoms with van der Waals surface area (Å²) in [6.45, 7) is 6.71. The minimum absolute atomic E-state index is 0.238. The molecule has 0 saturated carbocycles. The number of likely N-dealkylation sites (N-methyl/N-ethyl adjacent to an activating group) is 1. The molecule has 0 aliphatic carbocycles. The molecule has 104 valence electrons. The van der Waals surface area contributed by atoms with Crippen LogP contribution >= 0.6 is 0 Å². The van der Waals surface area contributed by atoms with E-state index >= 15 is 0 Å². The van der Waals surface area contributed by atoms with E-state index in [0.29, 0.717) is 12.6 Å². The lowest BCUT2D eigenvalue weighted by Gasteiger charge is -2.20. The van der Waals surface area contributed by atoms with Gasteiger partial charge in [-0.05, 0) is 51.6 Å². The van der Waals surface area contributed by atoms with Crippen LogP contribution in [0.2, 0.25) is 0 Å². The predicted molar refractivity (Wildman–Crippen MR) is 78.8 cm³/mol. The summed E-state index contributed by atoms with van der Waals surface area (Å²) in [7, 11) is 4.22. The number of aryl methyl sites for hydroxylation is 2. The Bertz CT molecular complexity index is 468. The van der Waals surface area contributed by atoms with Gasteiger partial charge in [0.05, 0.1) is 6.54 Å². The normalized spacial score (nSPS) is 20.2. The first-order valence-electron chi connectivity index (χ1n) is 6.96. The van der Waals surface area contributed by atoms with Gasteiger partial charge in [0.2, 0.25) is 0 Å². The molecule has 0 N–H and O–H groups in total. The van der Waals surface area contributed by atoms with Crippen LogP contribution in [0.3, 0.4) is 0 Å². The van der Waals surface area contributed by atoms with E-state index in [0.717, 1.165) is 25.1 Å². The van der Waals surface area contributed by atoms with Crippen molar-refractivity contribution in [2.45, 2.75) is 26.3 Å². The summed E-state index contributed by atoms with van der Waals surface area (Å²) >= 11 is 0. The Morgan fingerprint density at radius 2 is 2.05 bits per heavy atom. The number of hydrogen-bond donors (Lipinski definition) is 0. The van der Waals surface area contributed by atoms with Gasteiger partial charge in [0, 0.05) is 24.7 Å². The molecule has 0 bridgehead atoms. The summed E-state index contributed by atoms with van der Waals surface area (Å²) in [4.78, 5) is 16.8. The van der Waals surface area contributed by atoms with Gasteiger partial charge >= 0.3 is 0 Å². The van der Waals surface area contributed by atoms with Gasteiger partial charge in [-0.15, -0.1) is 0 Å². The molecule has 1 aromatic carbocycles. The van der Waals surface area contributed by atoms with Crippen molar-refractivity contribution < 1.29 is 4.79 Å². The van der Waals surface area contributed by atoms with Crippen molar-refractivity contribution in [1.29, 1.82) is 0 Å². The van der Waals surface area contributed by atoms with E-state index in [2.05, 4.69) is 37.7 Å². The van der Waals surface area contributed by atoms with Crippen molar-refractivity contribution in [1.82, 2.24) is 9.80 Å². The first kappa shape index (κ1) is 14.2. The van der Waals surface area contributed by atoms with Crippen molar-refractivity contribution in [3.63, 3.8) is 0 Å². The zero-order valence-corrected chi connectivity index (χ0v) is 12.4. The molecule has 3 heteroatoms. The molecule has 3 nitrogen and oxygen atoms in total. The topological polar surface area (TPSA) is 23.6 Å². The van der Waals surface area contributed by atoms with Crippen LogP contribution in [0.5, 0.6) is 0 Å². The Hall–Kier alpha value is -1.19. The average molecular weight is 260 g/mol. The number of carbonyl (C=O) groups is 1. The molecule has 0 amide bonds. The highest BCUT2D eigenvalue weighted by Gasteiger charge is 2.25. The van der Waals surface area contributed by atoms with Crippen LogP contribution in [0.15, 0.2) is 18.2 Å². The van der Waals surface area contributed by atoms with Crippen LogP contribution in [0.25, 0.3) is 0 Å². The molecular formula is C16H24N2O. The molecule has 2 rings (SSSR count). The SMILES string of the molecule is Cc1ccc(C(=O)CN2CCC(N(C)C)C2)cc1C. The first-order valence-corrected chi connectivity index (χ1v) is 6.96. The van der Waals surface area contributed by atoms with Crippen LogP contribution in [0.4, 0.5) is 0 Å². The second-order valence-corrected chi connectivity index (χ2v) is 5.86. The van der Waals surface area contributed by atoms with Crippen LogP contribution in [-0.2, 0) is 0 Å². The molecular weight excluding hydrogens is 236 g/mol. The largest absolute Gasteiger partial charge is 0.305 e. The van der Waals surface area contributed by atoms with Gasteiger partial charge in [-0.1, -0.05) is 12.1 Å². The summed E-state index contributed by atoms with van der Waals surface area (Å²) in [5, 5.41) is 0. The maximum absolute atomic E-state index is 12.3. The van der Waals surface area contributed by atoms with Crippen LogP contribution < -0.4 is 0 Å². The fourth-order valence-corrected chi connectivity index (χ4v) is 2.59. The molecule has 1 unspecified atom stereocenters. The van der Waals surface area contributed by atoms with E-state index in [1.807, 2.05) is 18.2 Å². The fraction of sp³-hybridized carbons (Fsp3) is 0.562. The van der Waals surface area contributed by atoms with Gasteiger partial charge in [0.15, 0.2) is 5.78 Å². The Morgan fingerprint density at radius 1 is 1.32 bits per heavy atom. The summed E-state index contributed by atoms with van der Waals surface area (Å²) in [6.07, 6.45) is 1.16. The second-order valence-electron chi connectivity index (χ2n) is 5.86. The molecule has 1 saturated heterocycles. The molecule has 0 spiro atoms. The van der Waals surface area contributed by atoms with Crippen molar-refractivity contribution >= 4 is 5.78 Å². The van der Waals surface area contributed by atoms with E-state index in [4.69, 9.17) is 0 Å². The van der Waals surface area contributed by atoms with Gasteiger partial charge in [0.1, 0.15) is 0 Å². The standard InChI is InChI=1S/C16H24N2O/c1-12-5-6-14(9-13(12)2)16(19)11-18-8-7-15(10-18)17(3)4/h5-6,9,15H,7-8,10-11H2,1-4H3. The maximum atomic E-state index is 12.3. The molecule has 1 heterocycles. The van der Waals surface area contributed by atoms with E-state index in [-0.39, 0.29) is 5.78 Å². The van der Waals surface area contributed by atoms with Gasteiger partial charge in [-0.3, -0.25) is 9.69 Å². The molecule has 1 fully saturated rings. The van der Waals surface area contributed by atoms with Gasteiger partial charge in [-0.2, -0.15) is 0 Å². The first-order chi connectivity index (χ1) is 8.97. The zero-order chi connectivity index (χ0) is 14.0. The number of Topliss-reactive ketones (excluding diaryl/α,β-unsaturated/α-hetero) is 1. The fourth-order valence-electron chi connectivity index (χ4n) is 2.59. The average Bonchev–Trinajstić information content (AvgIpc) is 2.81. The molecule has 1 atom stereocenters. The molecule has 1 aromatic rings. The monoisotopic (exact) mass is 260 g/mol. The third-order valence-electron chi connectivity index (χ3n) is 4.17. The number of hydrogen-bond acceptors (Lipinski definition) is 3.